The third-order valence-corrected chi connectivity index (χ3v) is 5.08. The van der Waals surface area contributed by atoms with Crippen molar-refractivity contribution >= 4 is 10.1 Å². The molecule has 1 aromatic carbocycles. The second-order valence-corrected chi connectivity index (χ2v) is 7.63. The van der Waals surface area contributed by atoms with Crippen LogP contribution in [0.25, 0.3) is 0 Å². The van der Waals surface area contributed by atoms with Crippen LogP contribution in [0.1, 0.15) is 51.7 Å². The molecule has 0 unspecified atom stereocenters. The second kappa shape index (κ2) is 7.23. The Morgan fingerprint density at radius 1 is 1.10 bits per heavy atom. The van der Waals surface area contributed by atoms with Crippen LogP contribution in [0.4, 0.5) is 0 Å². The maximum Gasteiger partial charge on any atom is 0.267 e. The Bertz CT molecular complexity index is 501. The first-order chi connectivity index (χ1) is 9.30. The molecule has 0 radical (unpaired) electrons. The van der Waals surface area contributed by atoms with E-state index in [0.717, 1.165) is 19.3 Å². The fourth-order valence-electron chi connectivity index (χ4n) is 1.87. The predicted octanol–water partition coefficient (Wildman–Crippen LogP) is 3.67. The average Bonchev–Trinajstić information content (AvgIpc) is 2.44. The van der Waals surface area contributed by atoms with Gasteiger partial charge in [0, 0.05) is 0 Å². The summed E-state index contributed by atoms with van der Waals surface area (Å²) in [4.78, 5) is 0. The monoisotopic (exact) mass is 298 g/mol. The van der Waals surface area contributed by atoms with Gasteiger partial charge in [0.25, 0.3) is 10.1 Å². The van der Waals surface area contributed by atoms with E-state index in [9.17, 15) is 8.42 Å². The van der Waals surface area contributed by atoms with Crippen molar-refractivity contribution in [1.29, 1.82) is 0 Å². The van der Waals surface area contributed by atoms with Crippen LogP contribution in [0.2, 0.25) is 0 Å². The van der Waals surface area contributed by atoms with Crippen LogP contribution < -0.4 is 0 Å². The van der Waals surface area contributed by atoms with Crippen LogP contribution in [-0.2, 0) is 26.1 Å². The first kappa shape index (κ1) is 17.2. The molecule has 0 aliphatic rings. The molecule has 114 valence electrons. The molecule has 0 heterocycles. The Balaban J connectivity index is 2.47. The van der Waals surface area contributed by atoms with Crippen LogP contribution >= 0.6 is 0 Å². The normalized spacial score (nSPS) is 12.6. The SMILES string of the molecule is CCC(C)(C)c1ccc(CCCOS(=O)(=O)CC)cc1. The van der Waals surface area contributed by atoms with E-state index < -0.39 is 10.1 Å². The van der Waals surface area contributed by atoms with Gasteiger partial charge in [-0.25, -0.2) is 0 Å². The predicted molar refractivity (Wildman–Crippen MR) is 83.5 cm³/mol. The molecule has 20 heavy (non-hydrogen) atoms. The standard InChI is InChI=1S/C16H26O3S/c1-5-16(3,4)15-11-9-14(10-12-15)8-7-13-19-20(17,18)6-2/h9-12H,5-8,13H2,1-4H3. The quantitative estimate of drug-likeness (QED) is 0.543. The molecule has 1 rings (SSSR count). The largest absolute Gasteiger partial charge is 0.270 e. The maximum absolute atomic E-state index is 11.2. The summed E-state index contributed by atoms with van der Waals surface area (Å²) in [5.74, 6) is 0.0355. The first-order valence-corrected chi connectivity index (χ1v) is 8.85. The summed E-state index contributed by atoms with van der Waals surface area (Å²) in [6.07, 6.45) is 2.66. The molecule has 0 saturated carbocycles. The first-order valence-electron chi connectivity index (χ1n) is 7.27. The molecule has 3 nitrogen and oxygen atoms in total. The van der Waals surface area contributed by atoms with Crippen molar-refractivity contribution in [3.8, 4) is 0 Å². The van der Waals surface area contributed by atoms with Crippen LogP contribution in [0.15, 0.2) is 24.3 Å². The lowest BCUT2D eigenvalue weighted by Crippen LogP contribution is -2.15. The van der Waals surface area contributed by atoms with Gasteiger partial charge in [-0.1, -0.05) is 45.0 Å². The van der Waals surface area contributed by atoms with E-state index in [4.69, 9.17) is 4.18 Å². The van der Waals surface area contributed by atoms with Crippen LogP contribution in [0.5, 0.6) is 0 Å². The molecule has 0 bridgehead atoms. The molecule has 0 atom stereocenters. The van der Waals surface area contributed by atoms with Gasteiger partial charge in [-0.2, -0.15) is 8.42 Å². The van der Waals surface area contributed by atoms with Crippen molar-refractivity contribution in [3.05, 3.63) is 35.4 Å². The summed E-state index contributed by atoms with van der Waals surface area (Å²) in [6.45, 7) is 8.53. The third-order valence-electron chi connectivity index (χ3n) is 3.85. The molecule has 4 heteroatoms. The van der Waals surface area contributed by atoms with E-state index in [1.165, 1.54) is 11.1 Å². The molecular weight excluding hydrogens is 272 g/mol. The van der Waals surface area contributed by atoms with Gasteiger partial charge in [0.15, 0.2) is 0 Å². The van der Waals surface area contributed by atoms with Crippen LogP contribution in [0, 0.1) is 0 Å². The van der Waals surface area contributed by atoms with Crippen LogP contribution in [-0.4, -0.2) is 20.8 Å². The minimum atomic E-state index is -3.30. The molecule has 0 fully saturated rings. The highest BCUT2D eigenvalue weighted by atomic mass is 32.2. The highest BCUT2D eigenvalue weighted by Crippen LogP contribution is 2.26. The summed E-state index contributed by atoms with van der Waals surface area (Å²) in [6, 6.07) is 8.59. The minimum Gasteiger partial charge on any atom is -0.270 e. The highest BCUT2D eigenvalue weighted by molar-refractivity contribution is 7.86. The highest BCUT2D eigenvalue weighted by Gasteiger charge is 2.17. The van der Waals surface area contributed by atoms with E-state index in [1.54, 1.807) is 6.92 Å². The summed E-state index contributed by atoms with van der Waals surface area (Å²) >= 11 is 0. The number of hydrogen-bond acceptors (Lipinski definition) is 3. The topological polar surface area (TPSA) is 43.4 Å². The maximum atomic E-state index is 11.2. The fraction of sp³-hybridized carbons (Fsp3) is 0.625. The van der Waals surface area contributed by atoms with Crippen molar-refractivity contribution in [2.75, 3.05) is 12.4 Å². The molecule has 0 spiro atoms. The molecule has 0 amide bonds. The molecule has 0 aliphatic heterocycles. The van der Waals surface area contributed by atoms with Gasteiger partial charge >= 0.3 is 0 Å². The number of hydrogen-bond donors (Lipinski definition) is 0. The van der Waals surface area contributed by atoms with Crippen molar-refractivity contribution in [1.82, 2.24) is 0 Å². The minimum absolute atomic E-state index is 0.0355. The summed E-state index contributed by atoms with van der Waals surface area (Å²) in [5, 5.41) is 0. The fourth-order valence-corrected chi connectivity index (χ4v) is 2.41. The zero-order valence-corrected chi connectivity index (χ0v) is 13.8. The summed E-state index contributed by atoms with van der Waals surface area (Å²) in [7, 11) is -3.30. The van der Waals surface area contributed by atoms with Gasteiger partial charge in [0.2, 0.25) is 0 Å². The number of rotatable bonds is 8. The Hall–Kier alpha value is -0.870. The number of benzene rings is 1. The third kappa shape index (κ3) is 5.25. The Morgan fingerprint density at radius 2 is 1.70 bits per heavy atom. The lowest BCUT2D eigenvalue weighted by atomic mass is 9.82. The van der Waals surface area contributed by atoms with E-state index in [-0.39, 0.29) is 17.8 Å². The summed E-state index contributed by atoms with van der Waals surface area (Å²) in [5.41, 5.74) is 2.77. The Morgan fingerprint density at radius 3 is 2.20 bits per heavy atom. The van der Waals surface area contributed by atoms with E-state index >= 15 is 0 Å². The lowest BCUT2D eigenvalue weighted by molar-refractivity contribution is 0.313. The van der Waals surface area contributed by atoms with Gasteiger partial charge in [-0.15, -0.1) is 0 Å². The average molecular weight is 298 g/mol. The molecular formula is C16H26O3S. The van der Waals surface area contributed by atoms with Gasteiger partial charge in [-0.3, -0.25) is 4.18 Å². The van der Waals surface area contributed by atoms with E-state index in [0.29, 0.717) is 0 Å². The molecule has 1 aromatic rings. The molecule has 0 aliphatic carbocycles. The van der Waals surface area contributed by atoms with Gasteiger partial charge < -0.3 is 0 Å². The number of aryl methyl sites for hydroxylation is 1. The molecule has 0 saturated heterocycles. The van der Waals surface area contributed by atoms with Crippen LogP contribution in [0.3, 0.4) is 0 Å². The zero-order valence-electron chi connectivity index (χ0n) is 13.0. The lowest BCUT2D eigenvalue weighted by Gasteiger charge is -2.23. The Kier molecular flexibility index (Phi) is 6.21. The van der Waals surface area contributed by atoms with E-state index in [2.05, 4.69) is 45.0 Å². The van der Waals surface area contributed by atoms with Crippen molar-refractivity contribution < 1.29 is 12.6 Å². The van der Waals surface area contributed by atoms with Crippen molar-refractivity contribution in [2.24, 2.45) is 0 Å². The Labute approximate surface area is 123 Å². The van der Waals surface area contributed by atoms with Gasteiger partial charge in [0.1, 0.15) is 0 Å². The smallest absolute Gasteiger partial charge is 0.267 e. The van der Waals surface area contributed by atoms with E-state index in [1.807, 2.05) is 0 Å². The van der Waals surface area contributed by atoms with Gasteiger partial charge in [-0.05, 0) is 42.7 Å². The molecule has 0 aromatic heterocycles. The zero-order chi connectivity index (χ0) is 15.2. The van der Waals surface area contributed by atoms with Crippen molar-refractivity contribution in [3.63, 3.8) is 0 Å². The molecule has 0 N–H and O–H groups in total. The van der Waals surface area contributed by atoms with Gasteiger partial charge in [0.05, 0.1) is 12.4 Å². The summed E-state index contributed by atoms with van der Waals surface area (Å²) < 4.78 is 27.2. The second-order valence-electron chi connectivity index (χ2n) is 5.71. The van der Waals surface area contributed by atoms with Crippen molar-refractivity contribution in [2.45, 2.75) is 52.4 Å².